The van der Waals surface area contributed by atoms with E-state index in [-0.39, 0.29) is 12.1 Å². The number of hydrogen-bond donors (Lipinski definition) is 0. The first-order valence-electron chi connectivity index (χ1n) is 23.4. The fourth-order valence-electron chi connectivity index (χ4n) is 11.5. The number of ether oxygens (including phenoxy) is 4. The highest BCUT2D eigenvalue weighted by molar-refractivity contribution is 5.85. The fourth-order valence-corrected chi connectivity index (χ4v) is 11.5. The minimum absolute atomic E-state index is 0.0502. The van der Waals surface area contributed by atoms with Crippen LogP contribution < -0.4 is 18.9 Å². The maximum absolute atomic E-state index is 7.73. The van der Waals surface area contributed by atoms with Crippen LogP contribution in [0.3, 0.4) is 0 Å². The Morgan fingerprint density at radius 3 is 1.48 bits per heavy atom. The first-order valence-corrected chi connectivity index (χ1v) is 23.4. The average molecular weight is 877 g/mol. The number of hydrogen-bond acceptors (Lipinski definition) is 10. The Morgan fingerprint density at radius 1 is 0.591 bits per heavy atom. The SMILES string of the molecule is C=C[C@@H]1CN2CC[C@@H]1C[C@H]2[C@@H](Oc1nc(-c2ccccc2)nc(O[C@H](c2ccnc3ccc(OC)cc23)[C@H]2C[C@H]3CCN2C[C@@H]3C=C)c1-c1ccccc1)c1ccnc2ccc(OC)cc12. The van der Waals surface area contributed by atoms with Crippen LogP contribution >= 0.6 is 0 Å². The molecule has 10 atom stereocenters. The van der Waals surface area contributed by atoms with Crippen LogP contribution in [-0.4, -0.2) is 82.2 Å². The standard InChI is InChI=1S/C56H56N6O4/c1-5-35-33-61-27-23-39(35)29-49(61)52(43-21-25-57-47-19-17-41(63-3)31-45(43)47)65-55-51(37-13-9-7-10-14-37)56(60-54(59-55)38-15-11-8-12-16-38)66-53(50-30-40-24-28-62(50)34-36(40)6-2)44-22-26-58-48-20-18-42(64-4)32-46(44)48/h5-22,25-26,31-32,35-36,39-40,49-50,52-53H,1-2,23-24,27-30,33-34H2,3-4H3/t35-,36+,39-,40-,49+,50-,52+,53-/m1/s1. The van der Waals surface area contributed by atoms with E-state index in [1.165, 1.54) is 0 Å². The molecule has 0 saturated carbocycles. The van der Waals surface area contributed by atoms with Gasteiger partial charge in [0, 0.05) is 52.9 Å². The van der Waals surface area contributed by atoms with Gasteiger partial charge in [0.05, 0.1) is 37.3 Å². The van der Waals surface area contributed by atoms with E-state index in [1.807, 2.05) is 73.1 Å². The summed E-state index contributed by atoms with van der Waals surface area (Å²) >= 11 is 0. The van der Waals surface area contributed by atoms with Crippen molar-refractivity contribution >= 4 is 21.8 Å². The van der Waals surface area contributed by atoms with Crippen LogP contribution in [0.1, 0.15) is 49.0 Å². The molecule has 6 fully saturated rings. The average Bonchev–Trinajstić information content (AvgIpc) is 3.39. The van der Waals surface area contributed by atoms with Gasteiger partial charge in [-0.25, -0.2) is 0 Å². The van der Waals surface area contributed by atoms with E-state index in [9.17, 15) is 0 Å². The minimum Gasteiger partial charge on any atom is -0.497 e. The maximum atomic E-state index is 7.73. The molecule has 3 aromatic heterocycles. The topological polar surface area (TPSA) is 95.0 Å². The van der Waals surface area contributed by atoms with Gasteiger partial charge in [-0.15, -0.1) is 13.2 Å². The van der Waals surface area contributed by atoms with Crippen LogP contribution in [-0.2, 0) is 0 Å². The third-order valence-electron chi connectivity index (χ3n) is 15.0. The quantitative estimate of drug-likeness (QED) is 0.0983. The van der Waals surface area contributed by atoms with E-state index in [0.29, 0.717) is 46.8 Å². The van der Waals surface area contributed by atoms with E-state index in [1.54, 1.807) is 14.2 Å². The van der Waals surface area contributed by atoms with Gasteiger partial charge in [-0.05, 0) is 117 Å². The fraction of sp³-hybridized carbons (Fsp3) is 0.321. The monoisotopic (exact) mass is 876 g/mol. The van der Waals surface area contributed by atoms with Gasteiger partial charge in [-0.1, -0.05) is 72.8 Å². The summed E-state index contributed by atoms with van der Waals surface area (Å²) < 4.78 is 27.1. The van der Waals surface area contributed by atoms with Gasteiger partial charge in [-0.2, -0.15) is 9.97 Å². The molecule has 0 radical (unpaired) electrons. The number of nitrogens with zero attached hydrogens (tertiary/aromatic N) is 6. The molecule has 9 heterocycles. The van der Waals surface area contributed by atoms with Gasteiger partial charge in [0.15, 0.2) is 5.82 Å². The minimum atomic E-state index is -0.437. The number of methoxy groups -OCH3 is 2. The first kappa shape index (κ1) is 42.0. The molecule has 0 aliphatic carbocycles. The highest BCUT2D eigenvalue weighted by Gasteiger charge is 2.46. The maximum Gasteiger partial charge on any atom is 0.229 e. The van der Waals surface area contributed by atoms with E-state index in [0.717, 1.165) is 107 Å². The van der Waals surface area contributed by atoms with Gasteiger partial charge in [0.2, 0.25) is 11.8 Å². The van der Waals surface area contributed by atoms with Crippen molar-refractivity contribution in [2.75, 3.05) is 40.4 Å². The van der Waals surface area contributed by atoms with Gasteiger partial charge >= 0.3 is 0 Å². The molecule has 66 heavy (non-hydrogen) atoms. The van der Waals surface area contributed by atoms with Gasteiger partial charge in [0.1, 0.15) is 29.3 Å². The largest absolute Gasteiger partial charge is 0.497 e. The molecule has 10 nitrogen and oxygen atoms in total. The summed E-state index contributed by atoms with van der Waals surface area (Å²) in [7, 11) is 3.41. The highest BCUT2D eigenvalue weighted by atomic mass is 16.5. The Kier molecular flexibility index (Phi) is 11.5. The van der Waals surface area contributed by atoms with Gasteiger partial charge in [-0.3, -0.25) is 19.8 Å². The van der Waals surface area contributed by atoms with Crippen molar-refractivity contribution in [3.63, 3.8) is 0 Å². The summed E-state index contributed by atoms with van der Waals surface area (Å²) in [6.45, 7) is 12.3. The number of piperidine rings is 6. The second kappa shape index (κ2) is 18.0. The van der Waals surface area contributed by atoms with Crippen molar-refractivity contribution in [3.8, 4) is 45.8 Å². The first-order chi connectivity index (χ1) is 32.5. The van der Waals surface area contributed by atoms with Crippen molar-refractivity contribution in [2.24, 2.45) is 23.7 Å². The normalized spacial score (nSPS) is 25.2. The Hall–Kier alpha value is -6.62. The Bertz CT molecular complexity index is 2740. The predicted molar refractivity (Wildman–Crippen MR) is 260 cm³/mol. The Labute approximate surface area is 387 Å². The lowest BCUT2D eigenvalue weighted by Crippen LogP contribution is -2.55. The summed E-state index contributed by atoms with van der Waals surface area (Å²) in [4.78, 5) is 25.7. The molecule has 2 unspecified atom stereocenters. The summed E-state index contributed by atoms with van der Waals surface area (Å²) in [5.41, 5.74) is 6.29. The highest BCUT2D eigenvalue weighted by Crippen LogP contribution is 2.49. The summed E-state index contributed by atoms with van der Waals surface area (Å²) in [6, 6.07) is 37.0. The van der Waals surface area contributed by atoms with Crippen molar-refractivity contribution in [1.29, 1.82) is 0 Å². The van der Waals surface area contributed by atoms with Crippen molar-refractivity contribution < 1.29 is 18.9 Å². The van der Waals surface area contributed by atoms with E-state index < -0.39 is 12.2 Å². The molecule has 0 N–H and O–H groups in total. The summed E-state index contributed by atoms with van der Waals surface area (Å²) in [5.74, 6) is 4.84. The number of rotatable bonds is 14. The molecular weight excluding hydrogens is 821 g/mol. The lowest BCUT2D eigenvalue weighted by Gasteiger charge is -2.51. The molecule has 0 amide bonds. The van der Waals surface area contributed by atoms with Crippen LogP contribution in [0, 0.1) is 23.7 Å². The van der Waals surface area contributed by atoms with Crippen molar-refractivity contribution in [2.45, 2.75) is 50.0 Å². The molecule has 6 aliphatic heterocycles. The molecule has 6 aliphatic rings. The van der Waals surface area contributed by atoms with Gasteiger partial charge in [0.25, 0.3) is 0 Å². The molecule has 7 aromatic rings. The van der Waals surface area contributed by atoms with E-state index >= 15 is 0 Å². The van der Waals surface area contributed by atoms with Crippen molar-refractivity contribution in [1.82, 2.24) is 29.7 Å². The number of fused-ring (bicyclic) bond motifs is 8. The predicted octanol–water partition coefficient (Wildman–Crippen LogP) is 11.0. The molecule has 13 rings (SSSR count). The summed E-state index contributed by atoms with van der Waals surface area (Å²) in [6.07, 6.45) is 11.4. The van der Waals surface area contributed by atoms with Crippen LogP contribution in [0.4, 0.5) is 0 Å². The third kappa shape index (κ3) is 7.75. The molecule has 0 spiro atoms. The summed E-state index contributed by atoms with van der Waals surface area (Å²) in [5, 5.41) is 1.97. The Balaban J connectivity index is 1.13. The zero-order valence-electron chi connectivity index (χ0n) is 37.7. The smallest absolute Gasteiger partial charge is 0.229 e. The number of pyridine rings is 2. The zero-order chi connectivity index (χ0) is 44.7. The molecule has 4 aromatic carbocycles. The second-order valence-corrected chi connectivity index (χ2v) is 18.4. The molecule has 334 valence electrons. The lowest BCUT2D eigenvalue weighted by atomic mass is 9.73. The van der Waals surface area contributed by atoms with E-state index in [2.05, 4.69) is 83.6 Å². The second-order valence-electron chi connectivity index (χ2n) is 18.4. The number of benzene rings is 4. The van der Waals surface area contributed by atoms with Crippen molar-refractivity contribution in [3.05, 3.63) is 158 Å². The van der Waals surface area contributed by atoms with Crippen LogP contribution in [0.15, 0.2) is 147 Å². The number of aromatic nitrogens is 4. The molecule has 4 bridgehead atoms. The third-order valence-corrected chi connectivity index (χ3v) is 15.0. The van der Waals surface area contributed by atoms with Gasteiger partial charge < -0.3 is 18.9 Å². The molecular formula is C56H56N6O4. The molecule has 10 heteroatoms. The van der Waals surface area contributed by atoms with Crippen LogP contribution in [0.25, 0.3) is 44.3 Å². The zero-order valence-corrected chi connectivity index (χ0v) is 37.7. The van der Waals surface area contributed by atoms with Crippen LogP contribution in [0.2, 0.25) is 0 Å². The van der Waals surface area contributed by atoms with Crippen LogP contribution in [0.5, 0.6) is 23.3 Å². The molecule has 6 saturated heterocycles. The lowest BCUT2D eigenvalue weighted by molar-refractivity contribution is -0.0388. The van der Waals surface area contributed by atoms with E-state index in [4.69, 9.17) is 38.9 Å². The Morgan fingerprint density at radius 2 is 1.06 bits per heavy atom.